The maximum atomic E-state index is 5.31. The van der Waals surface area contributed by atoms with E-state index in [9.17, 15) is 0 Å². The van der Waals surface area contributed by atoms with Crippen molar-refractivity contribution < 1.29 is 4.52 Å². The van der Waals surface area contributed by atoms with E-state index in [2.05, 4.69) is 41.1 Å². The van der Waals surface area contributed by atoms with Crippen LogP contribution in [0, 0.1) is 5.92 Å². The van der Waals surface area contributed by atoms with Gasteiger partial charge in [-0.15, -0.1) is 0 Å². The first-order valence-electron chi connectivity index (χ1n) is 7.31. The molecule has 2 rings (SSSR count). The summed E-state index contributed by atoms with van der Waals surface area (Å²) in [4.78, 5) is 7.02. The molecule has 0 aromatic carbocycles. The number of nitrogens with zero attached hydrogens (tertiary/aromatic N) is 3. The van der Waals surface area contributed by atoms with Gasteiger partial charge in [-0.3, -0.25) is 0 Å². The van der Waals surface area contributed by atoms with Crippen molar-refractivity contribution in [3.05, 3.63) is 11.7 Å². The largest absolute Gasteiger partial charge is 0.339 e. The molecule has 19 heavy (non-hydrogen) atoms. The SMILES string of the molecule is CNC(C)Cc1nc(CC2CCN(C(C)C)C2)no1. The number of hydrogen-bond acceptors (Lipinski definition) is 5. The molecule has 0 aliphatic carbocycles. The molecule has 1 fully saturated rings. The highest BCUT2D eigenvalue weighted by atomic mass is 16.5. The lowest BCUT2D eigenvalue weighted by molar-refractivity contribution is 0.264. The number of aromatic nitrogens is 2. The Hall–Kier alpha value is -0.940. The Morgan fingerprint density at radius 1 is 1.42 bits per heavy atom. The topological polar surface area (TPSA) is 54.2 Å². The van der Waals surface area contributed by atoms with Crippen molar-refractivity contribution in [2.75, 3.05) is 20.1 Å². The maximum Gasteiger partial charge on any atom is 0.228 e. The predicted molar refractivity (Wildman–Crippen MR) is 75.0 cm³/mol. The van der Waals surface area contributed by atoms with Crippen molar-refractivity contribution in [3.8, 4) is 0 Å². The van der Waals surface area contributed by atoms with Gasteiger partial charge in [0.1, 0.15) is 0 Å². The highest BCUT2D eigenvalue weighted by Gasteiger charge is 2.25. The summed E-state index contributed by atoms with van der Waals surface area (Å²) >= 11 is 0. The number of rotatable bonds is 6. The number of nitrogens with one attached hydrogen (secondary N) is 1. The molecule has 0 spiro atoms. The van der Waals surface area contributed by atoms with Crippen LogP contribution in [0.5, 0.6) is 0 Å². The summed E-state index contributed by atoms with van der Waals surface area (Å²) in [5.74, 6) is 2.29. The van der Waals surface area contributed by atoms with Crippen molar-refractivity contribution in [2.24, 2.45) is 5.92 Å². The fraction of sp³-hybridized carbons (Fsp3) is 0.857. The minimum Gasteiger partial charge on any atom is -0.339 e. The second-order valence-corrected chi connectivity index (χ2v) is 5.95. The van der Waals surface area contributed by atoms with Crippen molar-refractivity contribution in [2.45, 2.75) is 52.1 Å². The molecule has 0 amide bonds. The molecule has 1 saturated heterocycles. The number of likely N-dealkylation sites (N-methyl/N-ethyl adjacent to an activating group) is 1. The molecule has 108 valence electrons. The van der Waals surface area contributed by atoms with E-state index in [1.807, 2.05) is 7.05 Å². The summed E-state index contributed by atoms with van der Waals surface area (Å²) in [6.07, 6.45) is 2.99. The van der Waals surface area contributed by atoms with Crippen molar-refractivity contribution in [1.82, 2.24) is 20.4 Å². The Morgan fingerprint density at radius 2 is 2.21 bits per heavy atom. The first kappa shape index (κ1) is 14.5. The standard InChI is InChI=1S/C14H26N4O/c1-10(2)18-6-5-12(9-18)8-13-16-14(19-17-13)7-11(3)15-4/h10-12,15H,5-9H2,1-4H3. The van der Waals surface area contributed by atoms with Gasteiger partial charge in [0.25, 0.3) is 0 Å². The van der Waals surface area contributed by atoms with Crippen molar-refractivity contribution in [1.29, 1.82) is 0 Å². The van der Waals surface area contributed by atoms with Crippen LogP contribution in [-0.4, -0.2) is 47.3 Å². The highest BCUT2D eigenvalue weighted by molar-refractivity contribution is 4.92. The maximum absolute atomic E-state index is 5.31. The summed E-state index contributed by atoms with van der Waals surface area (Å²) in [5.41, 5.74) is 0. The van der Waals surface area contributed by atoms with E-state index in [0.29, 0.717) is 18.0 Å². The third-order valence-corrected chi connectivity index (χ3v) is 4.00. The molecule has 1 aliphatic rings. The van der Waals surface area contributed by atoms with Gasteiger partial charge in [0.2, 0.25) is 5.89 Å². The highest BCUT2D eigenvalue weighted by Crippen LogP contribution is 2.21. The van der Waals surface area contributed by atoms with E-state index in [0.717, 1.165) is 31.1 Å². The molecule has 0 bridgehead atoms. The first-order chi connectivity index (χ1) is 9.08. The van der Waals surface area contributed by atoms with Crippen LogP contribution >= 0.6 is 0 Å². The zero-order chi connectivity index (χ0) is 13.8. The van der Waals surface area contributed by atoms with E-state index < -0.39 is 0 Å². The molecule has 5 heteroatoms. The Morgan fingerprint density at radius 3 is 2.84 bits per heavy atom. The summed E-state index contributed by atoms with van der Waals surface area (Å²) in [7, 11) is 1.95. The summed E-state index contributed by atoms with van der Waals surface area (Å²) in [6, 6.07) is 1.01. The smallest absolute Gasteiger partial charge is 0.228 e. The van der Waals surface area contributed by atoms with Crippen LogP contribution in [0.1, 0.15) is 38.9 Å². The molecule has 5 nitrogen and oxygen atoms in total. The Kier molecular flexibility index (Phi) is 4.93. The van der Waals surface area contributed by atoms with Gasteiger partial charge in [-0.05, 0) is 46.7 Å². The van der Waals surface area contributed by atoms with Gasteiger partial charge in [0.15, 0.2) is 5.82 Å². The van der Waals surface area contributed by atoms with Crippen LogP contribution in [-0.2, 0) is 12.8 Å². The second-order valence-electron chi connectivity index (χ2n) is 5.95. The third kappa shape index (κ3) is 4.01. The fourth-order valence-corrected chi connectivity index (χ4v) is 2.58. The van der Waals surface area contributed by atoms with Crippen LogP contribution in [0.15, 0.2) is 4.52 Å². The lowest BCUT2D eigenvalue weighted by Crippen LogP contribution is -2.28. The van der Waals surface area contributed by atoms with Crippen LogP contribution in [0.4, 0.5) is 0 Å². The lowest BCUT2D eigenvalue weighted by Gasteiger charge is -2.19. The molecule has 1 aliphatic heterocycles. The quantitative estimate of drug-likeness (QED) is 0.845. The van der Waals surface area contributed by atoms with Gasteiger partial charge in [-0.25, -0.2) is 0 Å². The molecule has 1 aromatic heterocycles. The van der Waals surface area contributed by atoms with E-state index in [1.54, 1.807) is 0 Å². The Balaban J connectivity index is 1.84. The van der Waals surface area contributed by atoms with E-state index in [-0.39, 0.29) is 0 Å². The average Bonchev–Trinajstić information content (AvgIpc) is 2.99. The average molecular weight is 266 g/mol. The van der Waals surface area contributed by atoms with Crippen molar-refractivity contribution >= 4 is 0 Å². The van der Waals surface area contributed by atoms with E-state index >= 15 is 0 Å². The van der Waals surface area contributed by atoms with E-state index in [1.165, 1.54) is 13.0 Å². The molecule has 2 atom stereocenters. The van der Waals surface area contributed by atoms with Crippen LogP contribution < -0.4 is 5.32 Å². The van der Waals surface area contributed by atoms with Crippen molar-refractivity contribution in [3.63, 3.8) is 0 Å². The monoisotopic (exact) mass is 266 g/mol. The van der Waals surface area contributed by atoms with Crippen LogP contribution in [0.2, 0.25) is 0 Å². The molecular formula is C14H26N4O. The lowest BCUT2D eigenvalue weighted by atomic mass is 10.0. The first-order valence-corrected chi connectivity index (χ1v) is 7.31. The predicted octanol–water partition coefficient (Wildman–Crippen LogP) is 1.49. The van der Waals surface area contributed by atoms with Crippen LogP contribution in [0.3, 0.4) is 0 Å². The van der Waals surface area contributed by atoms with Gasteiger partial charge in [-0.1, -0.05) is 5.16 Å². The summed E-state index contributed by atoms with van der Waals surface area (Å²) < 4.78 is 5.31. The molecule has 2 heterocycles. The fourth-order valence-electron chi connectivity index (χ4n) is 2.58. The molecular weight excluding hydrogens is 240 g/mol. The van der Waals surface area contributed by atoms with E-state index in [4.69, 9.17) is 4.52 Å². The van der Waals surface area contributed by atoms with Crippen LogP contribution in [0.25, 0.3) is 0 Å². The summed E-state index contributed by atoms with van der Waals surface area (Å²) in [5, 5.41) is 7.28. The molecule has 1 aromatic rings. The van der Waals surface area contributed by atoms with Gasteiger partial charge in [-0.2, -0.15) is 4.98 Å². The zero-order valence-electron chi connectivity index (χ0n) is 12.5. The molecule has 1 N–H and O–H groups in total. The molecule has 2 unspecified atom stereocenters. The third-order valence-electron chi connectivity index (χ3n) is 4.00. The summed E-state index contributed by atoms with van der Waals surface area (Å²) in [6.45, 7) is 8.99. The molecule has 0 radical (unpaired) electrons. The number of likely N-dealkylation sites (tertiary alicyclic amines) is 1. The molecule has 0 saturated carbocycles. The number of hydrogen-bond donors (Lipinski definition) is 1. The zero-order valence-corrected chi connectivity index (χ0v) is 12.5. The van der Waals surface area contributed by atoms with Gasteiger partial charge in [0.05, 0.1) is 0 Å². The second kappa shape index (κ2) is 6.48. The van der Waals surface area contributed by atoms with Gasteiger partial charge < -0.3 is 14.7 Å². The van der Waals surface area contributed by atoms with Gasteiger partial charge in [0, 0.05) is 31.5 Å². The Labute approximate surface area is 115 Å². The Bertz CT molecular complexity index is 391. The minimum atomic E-state index is 0.371. The normalized spacial score (nSPS) is 22.3. The van der Waals surface area contributed by atoms with Gasteiger partial charge >= 0.3 is 0 Å². The minimum absolute atomic E-state index is 0.371.